The maximum Gasteiger partial charge on any atom is 0.169 e. The Morgan fingerprint density at radius 1 is 1.56 bits per heavy atom. The van der Waals surface area contributed by atoms with E-state index < -0.39 is 5.60 Å². The summed E-state index contributed by atoms with van der Waals surface area (Å²) in [6.45, 7) is 8.00. The fourth-order valence-electron chi connectivity index (χ4n) is 1.57. The molecule has 4 heteroatoms. The lowest BCUT2D eigenvalue weighted by Gasteiger charge is -2.19. The molecule has 0 spiro atoms. The van der Waals surface area contributed by atoms with E-state index in [1.54, 1.807) is 18.5 Å². The minimum absolute atomic E-state index is 0.149. The first kappa shape index (κ1) is 12.9. The van der Waals surface area contributed by atoms with E-state index in [0.29, 0.717) is 6.42 Å². The van der Waals surface area contributed by atoms with Crippen LogP contribution in [-0.2, 0) is 17.8 Å². The number of ketones is 1. The molecule has 0 fully saturated rings. The topological polar surface area (TPSA) is 55.1 Å². The summed E-state index contributed by atoms with van der Waals surface area (Å²) in [6.07, 6.45) is 0.681. The van der Waals surface area contributed by atoms with Gasteiger partial charge in [0, 0.05) is 12.2 Å². The summed E-state index contributed by atoms with van der Waals surface area (Å²) in [4.78, 5) is 11.9. The van der Waals surface area contributed by atoms with Crippen LogP contribution in [0.5, 0.6) is 0 Å². The maximum atomic E-state index is 11.9. The van der Waals surface area contributed by atoms with Crippen LogP contribution in [0.3, 0.4) is 0 Å². The molecular weight excluding hydrogens is 204 g/mol. The molecule has 0 saturated heterocycles. The van der Waals surface area contributed by atoms with Crippen LogP contribution in [0.25, 0.3) is 0 Å². The molecule has 1 atom stereocenters. The molecule has 0 aromatic carbocycles. The molecule has 1 N–H and O–H groups in total. The van der Waals surface area contributed by atoms with Gasteiger partial charge >= 0.3 is 0 Å². The number of aliphatic hydroxyl groups is 1. The molecule has 0 amide bonds. The van der Waals surface area contributed by atoms with Crippen molar-refractivity contribution in [2.75, 3.05) is 0 Å². The van der Waals surface area contributed by atoms with E-state index in [4.69, 9.17) is 0 Å². The van der Waals surface area contributed by atoms with E-state index in [1.807, 2.05) is 19.9 Å². The standard InChI is InChI=1S/C12H20N2O2/c1-5-12(4,16)11(15)8-10-7-9(3)13-14(10)6-2/h7,16H,5-6,8H2,1-4H3. The van der Waals surface area contributed by atoms with Gasteiger partial charge < -0.3 is 5.11 Å². The van der Waals surface area contributed by atoms with Crippen molar-refractivity contribution in [2.24, 2.45) is 0 Å². The van der Waals surface area contributed by atoms with Gasteiger partial charge in [0.15, 0.2) is 5.78 Å². The molecular formula is C12H20N2O2. The Labute approximate surface area is 96.3 Å². The fourth-order valence-corrected chi connectivity index (χ4v) is 1.57. The highest BCUT2D eigenvalue weighted by molar-refractivity contribution is 5.88. The van der Waals surface area contributed by atoms with Gasteiger partial charge in [-0.1, -0.05) is 6.92 Å². The monoisotopic (exact) mass is 224 g/mol. The fraction of sp³-hybridized carbons (Fsp3) is 0.667. The lowest BCUT2D eigenvalue weighted by Crippen LogP contribution is -2.35. The van der Waals surface area contributed by atoms with E-state index in [-0.39, 0.29) is 12.2 Å². The zero-order chi connectivity index (χ0) is 12.3. The second-order valence-corrected chi connectivity index (χ2v) is 4.32. The van der Waals surface area contributed by atoms with E-state index in [9.17, 15) is 9.90 Å². The number of hydrogen-bond acceptors (Lipinski definition) is 3. The average Bonchev–Trinajstić information content (AvgIpc) is 2.58. The van der Waals surface area contributed by atoms with Gasteiger partial charge in [0.25, 0.3) is 0 Å². The molecule has 0 saturated carbocycles. The Kier molecular flexibility index (Phi) is 3.86. The third-order valence-corrected chi connectivity index (χ3v) is 2.92. The van der Waals surface area contributed by atoms with Gasteiger partial charge in [-0.3, -0.25) is 9.48 Å². The minimum Gasteiger partial charge on any atom is -0.382 e. The van der Waals surface area contributed by atoms with E-state index in [0.717, 1.165) is 17.9 Å². The smallest absolute Gasteiger partial charge is 0.169 e. The van der Waals surface area contributed by atoms with Crippen molar-refractivity contribution in [1.29, 1.82) is 0 Å². The van der Waals surface area contributed by atoms with E-state index in [2.05, 4.69) is 5.10 Å². The zero-order valence-corrected chi connectivity index (χ0v) is 10.4. The summed E-state index contributed by atoms with van der Waals surface area (Å²) in [5, 5.41) is 14.1. The minimum atomic E-state index is -1.23. The van der Waals surface area contributed by atoms with Crippen molar-refractivity contribution in [1.82, 2.24) is 9.78 Å². The first-order chi connectivity index (χ1) is 7.40. The summed E-state index contributed by atoms with van der Waals surface area (Å²) in [5.74, 6) is -0.149. The predicted octanol–water partition coefficient (Wildman–Crippen LogP) is 1.48. The summed E-state index contributed by atoms with van der Waals surface area (Å²) in [6, 6.07) is 1.90. The van der Waals surface area contributed by atoms with Gasteiger partial charge in [-0.25, -0.2) is 0 Å². The second kappa shape index (κ2) is 4.78. The number of carbonyl (C=O) groups excluding carboxylic acids is 1. The van der Waals surface area contributed by atoms with Gasteiger partial charge in [0.1, 0.15) is 5.60 Å². The van der Waals surface area contributed by atoms with Gasteiger partial charge in [0.05, 0.1) is 12.1 Å². The van der Waals surface area contributed by atoms with Crippen LogP contribution in [0.15, 0.2) is 6.07 Å². The highest BCUT2D eigenvalue weighted by Crippen LogP contribution is 2.14. The molecule has 0 aliphatic rings. The number of hydrogen-bond donors (Lipinski definition) is 1. The van der Waals surface area contributed by atoms with Crippen LogP contribution in [0.4, 0.5) is 0 Å². The third kappa shape index (κ3) is 2.70. The molecule has 0 bridgehead atoms. The molecule has 16 heavy (non-hydrogen) atoms. The Morgan fingerprint density at radius 3 is 2.69 bits per heavy atom. The molecule has 0 aliphatic carbocycles. The van der Waals surface area contributed by atoms with Crippen molar-refractivity contribution < 1.29 is 9.90 Å². The quantitative estimate of drug-likeness (QED) is 0.824. The van der Waals surface area contributed by atoms with Crippen LogP contribution in [0.1, 0.15) is 38.6 Å². The molecule has 1 rings (SSSR count). The highest BCUT2D eigenvalue weighted by atomic mass is 16.3. The number of aryl methyl sites for hydroxylation is 2. The summed E-state index contributed by atoms with van der Waals surface area (Å²) in [7, 11) is 0. The molecule has 1 aromatic rings. The van der Waals surface area contributed by atoms with E-state index in [1.165, 1.54) is 0 Å². The van der Waals surface area contributed by atoms with Crippen LogP contribution in [0, 0.1) is 6.92 Å². The SMILES string of the molecule is CCn1nc(C)cc1CC(=O)C(C)(O)CC. The molecule has 4 nitrogen and oxygen atoms in total. The van der Waals surface area contributed by atoms with Crippen LogP contribution in [-0.4, -0.2) is 26.3 Å². The molecule has 1 heterocycles. The lowest BCUT2D eigenvalue weighted by atomic mass is 9.94. The first-order valence-electron chi connectivity index (χ1n) is 5.69. The van der Waals surface area contributed by atoms with Gasteiger partial charge in [-0.2, -0.15) is 5.10 Å². The number of Topliss-reactive ketones (excluding diaryl/α,β-unsaturated/α-hetero) is 1. The van der Waals surface area contributed by atoms with Crippen LogP contribution >= 0.6 is 0 Å². The normalized spacial score (nSPS) is 14.8. The second-order valence-electron chi connectivity index (χ2n) is 4.32. The molecule has 1 unspecified atom stereocenters. The van der Waals surface area contributed by atoms with Gasteiger partial charge in [0.2, 0.25) is 0 Å². The lowest BCUT2D eigenvalue weighted by molar-refractivity contribution is -0.135. The largest absolute Gasteiger partial charge is 0.382 e. The zero-order valence-electron chi connectivity index (χ0n) is 10.4. The Hall–Kier alpha value is -1.16. The Morgan fingerprint density at radius 2 is 2.19 bits per heavy atom. The van der Waals surface area contributed by atoms with E-state index >= 15 is 0 Å². The van der Waals surface area contributed by atoms with Gasteiger partial charge in [-0.15, -0.1) is 0 Å². The number of nitrogens with zero attached hydrogens (tertiary/aromatic N) is 2. The molecule has 1 aromatic heterocycles. The molecule has 0 aliphatic heterocycles. The number of aromatic nitrogens is 2. The van der Waals surface area contributed by atoms with Crippen LogP contribution in [0.2, 0.25) is 0 Å². The van der Waals surface area contributed by atoms with Gasteiger partial charge in [-0.05, 0) is 33.3 Å². The molecule has 0 radical (unpaired) electrons. The Balaban J connectivity index is 2.84. The van der Waals surface area contributed by atoms with Crippen LogP contribution < -0.4 is 0 Å². The van der Waals surface area contributed by atoms with Crippen molar-refractivity contribution >= 4 is 5.78 Å². The number of carbonyl (C=O) groups is 1. The van der Waals surface area contributed by atoms with Crippen molar-refractivity contribution in [3.05, 3.63) is 17.5 Å². The van der Waals surface area contributed by atoms with Crippen molar-refractivity contribution in [3.8, 4) is 0 Å². The highest BCUT2D eigenvalue weighted by Gasteiger charge is 2.28. The predicted molar refractivity (Wildman–Crippen MR) is 62.3 cm³/mol. The first-order valence-corrected chi connectivity index (χ1v) is 5.69. The third-order valence-electron chi connectivity index (χ3n) is 2.92. The number of rotatable bonds is 5. The summed E-state index contributed by atoms with van der Waals surface area (Å²) < 4.78 is 1.80. The maximum absolute atomic E-state index is 11.9. The summed E-state index contributed by atoms with van der Waals surface area (Å²) >= 11 is 0. The van der Waals surface area contributed by atoms with Crippen molar-refractivity contribution in [2.45, 2.75) is 52.7 Å². The molecule has 90 valence electrons. The average molecular weight is 224 g/mol. The Bertz CT molecular complexity index is 380. The van der Waals surface area contributed by atoms with Crippen molar-refractivity contribution in [3.63, 3.8) is 0 Å². The summed E-state index contributed by atoms with van der Waals surface area (Å²) in [5.41, 5.74) is 0.552.